The van der Waals surface area contributed by atoms with E-state index in [4.69, 9.17) is 0 Å². The first-order chi connectivity index (χ1) is 12.6. The van der Waals surface area contributed by atoms with Crippen molar-refractivity contribution in [3.63, 3.8) is 0 Å². The molecule has 1 aromatic carbocycles. The normalized spacial score (nSPS) is 20.0. The summed E-state index contributed by atoms with van der Waals surface area (Å²) in [5.41, 5.74) is 1.79. The molecule has 0 aliphatic carbocycles. The molecule has 7 heteroatoms. The molecule has 1 amide bonds. The van der Waals surface area contributed by atoms with Gasteiger partial charge >= 0.3 is 0 Å². The quantitative estimate of drug-likeness (QED) is 0.752. The van der Waals surface area contributed by atoms with Gasteiger partial charge in [0.1, 0.15) is 0 Å². The molecule has 2 aliphatic heterocycles. The maximum Gasteiger partial charge on any atom is 0.257 e. The van der Waals surface area contributed by atoms with Crippen molar-refractivity contribution in [3.8, 4) is 0 Å². The molecule has 1 unspecified atom stereocenters. The lowest BCUT2D eigenvalue weighted by Crippen LogP contribution is -2.52. The molecule has 2 aromatic rings. The van der Waals surface area contributed by atoms with Crippen LogP contribution < -0.4 is 10.5 Å². The van der Waals surface area contributed by atoms with E-state index in [0.717, 1.165) is 31.3 Å². The van der Waals surface area contributed by atoms with E-state index in [1.165, 1.54) is 17.4 Å². The summed E-state index contributed by atoms with van der Waals surface area (Å²) in [6.45, 7) is 5.33. The number of carbonyl (C=O) groups excluding carboxylic acids is 1. The van der Waals surface area contributed by atoms with Gasteiger partial charge in [0.2, 0.25) is 5.91 Å². The first-order valence-corrected chi connectivity index (χ1v) is 9.90. The molecule has 3 heterocycles. The van der Waals surface area contributed by atoms with Crippen LogP contribution in [-0.2, 0) is 11.3 Å². The number of anilines is 1. The highest BCUT2D eigenvalue weighted by Crippen LogP contribution is 2.26. The smallest absolute Gasteiger partial charge is 0.257 e. The average molecular weight is 370 g/mol. The number of piperazine rings is 1. The van der Waals surface area contributed by atoms with Gasteiger partial charge in [0, 0.05) is 55.9 Å². The molecule has 0 radical (unpaired) electrons. The van der Waals surface area contributed by atoms with E-state index in [9.17, 15) is 9.59 Å². The fourth-order valence-electron chi connectivity index (χ4n) is 3.53. The highest BCUT2D eigenvalue weighted by molar-refractivity contribution is 7.99. The highest BCUT2D eigenvalue weighted by Gasteiger charge is 2.31. The van der Waals surface area contributed by atoms with Crippen molar-refractivity contribution in [1.82, 2.24) is 14.5 Å². The molecule has 0 N–H and O–H groups in total. The van der Waals surface area contributed by atoms with Gasteiger partial charge in [-0.15, -0.1) is 0 Å². The predicted molar refractivity (Wildman–Crippen MR) is 103 cm³/mol. The van der Waals surface area contributed by atoms with Gasteiger partial charge < -0.3 is 9.80 Å². The van der Waals surface area contributed by atoms with E-state index in [-0.39, 0.29) is 17.4 Å². The number of benzene rings is 1. The summed E-state index contributed by atoms with van der Waals surface area (Å²) in [5, 5.41) is 0.721. The summed E-state index contributed by atoms with van der Waals surface area (Å²) in [7, 11) is 0. The molecule has 0 saturated carbocycles. The van der Waals surface area contributed by atoms with Gasteiger partial charge in [-0.25, -0.2) is 4.98 Å². The zero-order valence-electron chi connectivity index (χ0n) is 14.8. The number of carbonyl (C=O) groups is 1. The second kappa shape index (κ2) is 7.15. The van der Waals surface area contributed by atoms with Gasteiger partial charge in [0.25, 0.3) is 5.56 Å². The van der Waals surface area contributed by atoms with E-state index in [2.05, 4.69) is 22.0 Å². The molecule has 2 aliphatic rings. The van der Waals surface area contributed by atoms with Gasteiger partial charge in [0.15, 0.2) is 5.16 Å². The number of para-hydroxylation sites is 1. The van der Waals surface area contributed by atoms with Crippen LogP contribution >= 0.6 is 11.8 Å². The molecule has 0 spiro atoms. The highest BCUT2D eigenvalue weighted by atomic mass is 32.2. The Labute approximate surface area is 156 Å². The minimum Gasteiger partial charge on any atom is -0.368 e. The Balaban J connectivity index is 1.41. The number of nitrogens with zero attached hydrogens (tertiary/aromatic N) is 4. The third-order valence-electron chi connectivity index (χ3n) is 5.06. The predicted octanol–water partition coefficient (Wildman–Crippen LogP) is 1.62. The van der Waals surface area contributed by atoms with Crippen molar-refractivity contribution >= 4 is 23.4 Å². The molecule has 26 heavy (non-hydrogen) atoms. The van der Waals surface area contributed by atoms with E-state index >= 15 is 0 Å². The van der Waals surface area contributed by atoms with E-state index in [1.54, 1.807) is 17.7 Å². The van der Waals surface area contributed by atoms with Crippen molar-refractivity contribution in [3.05, 3.63) is 52.4 Å². The molecule has 6 nitrogen and oxygen atoms in total. The fourth-order valence-corrected chi connectivity index (χ4v) is 4.57. The van der Waals surface area contributed by atoms with Crippen molar-refractivity contribution in [2.75, 3.05) is 36.8 Å². The number of aryl methyl sites for hydroxylation is 1. The van der Waals surface area contributed by atoms with Crippen LogP contribution in [0, 0.1) is 12.8 Å². The maximum absolute atomic E-state index is 13.0. The number of thioether (sulfide) groups is 1. The third-order valence-corrected chi connectivity index (χ3v) is 6.21. The van der Waals surface area contributed by atoms with Crippen LogP contribution in [0.15, 0.2) is 46.5 Å². The Morgan fingerprint density at radius 2 is 1.88 bits per heavy atom. The lowest BCUT2D eigenvalue weighted by Gasteiger charge is -2.38. The van der Waals surface area contributed by atoms with Gasteiger partial charge in [-0.1, -0.05) is 30.0 Å². The molecule has 136 valence electrons. The minimum atomic E-state index is -0.155. The largest absolute Gasteiger partial charge is 0.368 e. The van der Waals surface area contributed by atoms with Gasteiger partial charge in [-0.05, 0) is 19.1 Å². The first-order valence-electron chi connectivity index (χ1n) is 8.91. The van der Waals surface area contributed by atoms with Crippen molar-refractivity contribution in [2.45, 2.75) is 18.6 Å². The Kier molecular flexibility index (Phi) is 4.72. The topological polar surface area (TPSA) is 58.4 Å². The number of rotatable bonds is 2. The fraction of sp³-hybridized carbons (Fsp3) is 0.421. The van der Waals surface area contributed by atoms with Crippen molar-refractivity contribution < 1.29 is 4.79 Å². The van der Waals surface area contributed by atoms with Crippen molar-refractivity contribution in [1.29, 1.82) is 0 Å². The third kappa shape index (κ3) is 3.23. The summed E-state index contributed by atoms with van der Waals surface area (Å²) < 4.78 is 1.66. The Morgan fingerprint density at radius 3 is 2.62 bits per heavy atom. The molecule has 1 atom stereocenters. The minimum absolute atomic E-state index is 0.0334. The van der Waals surface area contributed by atoms with Gasteiger partial charge in [0.05, 0.1) is 5.92 Å². The SMILES string of the molecule is Cc1cnc2n(c1=O)CC(C(=O)N1CCN(c3ccccc3)CC1)CS2. The van der Waals surface area contributed by atoms with Crippen LogP contribution in [0.5, 0.6) is 0 Å². The van der Waals surface area contributed by atoms with E-state index < -0.39 is 0 Å². The van der Waals surface area contributed by atoms with Crippen LogP contribution in [0.1, 0.15) is 5.56 Å². The Morgan fingerprint density at radius 1 is 1.15 bits per heavy atom. The van der Waals surface area contributed by atoms with Crippen LogP contribution in [-0.4, -0.2) is 52.3 Å². The number of hydrogen-bond acceptors (Lipinski definition) is 5. The number of amides is 1. The van der Waals surface area contributed by atoms with Crippen molar-refractivity contribution in [2.24, 2.45) is 5.92 Å². The van der Waals surface area contributed by atoms with E-state index in [1.807, 2.05) is 23.1 Å². The van der Waals surface area contributed by atoms with Gasteiger partial charge in [-0.3, -0.25) is 14.2 Å². The second-order valence-electron chi connectivity index (χ2n) is 6.80. The summed E-state index contributed by atoms with van der Waals surface area (Å²) in [4.78, 5) is 33.9. The summed E-state index contributed by atoms with van der Waals surface area (Å²) >= 11 is 1.50. The van der Waals surface area contributed by atoms with Crippen LogP contribution in [0.25, 0.3) is 0 Å². The van der Waals surface area contributed by atoms with Crippen LogP contribution in [0.3, 0.4) is 0 Å². The molecular formula is C19H22N4O2S. The first kappa shape index (κ1) is 17.1. The monoisotopic (exact) mass is 370 g/mol. The second-order valence-corrected chi connectivity index (χ2v) is 7.78. The Hall–Kier alpha value is -2.28. The van der Waals surface area contributed by atoms with E-state index in [0.29, 0.717) is 17.9 Å². The molecule has 1 fully saturated rings. The van der Waals surface area contributed by atoms with Crippen LogP contribution in [0.4, 0.5) is 5.69 Å². The zero-order chi connectivity index (χ0) is 18.1. The number of aromatic nitrogens is 2. The molecule has 1 saturated heterocycles. The molecular weight excluding hydrogens is 348 g/mol. The summed E-state index contributed by atoms with van der Waals surface area (Å²) in [6, 6.07) is 10.3. The molecule has 0 bridgehead atoms. The lowest BCUT2D eigenvalue weighted by molar-refractivity contribution is -0.135. The summed E-state index contributed by atoms with van der Waals surface area (Å²) in [6.07, 6.45) is 1.62. The lowest BCUT2D eigenvalue weighted by atomic mass is 10.1. The standard InChI is InChI=1S/C19H22N4O2S/c1-14-11-20-19-23(17(14)24)12-15(13-26-19)18(25)22-9-7-21(8-10-22)16-5-3-2-4-6-16/h2-6,11,15H,7-10,12-13H2,1H3. The molecule has 1 aromatic heterocycles. The number of fused-ring (bicyclic) bond motifs is 1. The van der Waals surface area contributed by atoms with Gasteiger partial charge in [-0.2, -0.15) is 0 Å². The average Bonchev–Trinajstić information content (AvgIpc) is 2.71. The zero-order valence-corrected chi connectivity index (χ0v) is 15.6. The van der Waals surface area contributed by atoms with Crippen LogP contribution in [0.2, 0.25) is 0 Å². The number of hydrogen-bond donors (Lipinski definition) is 0. The Bertz CT molecular complexity index is 860. The molecule has 4 rings (SSSR count). The maximum atomic E-state index is 13.0. The summed E-state index contributed by atoms with van der Waals surface area (Å²) in [5.74, 6) is 0.689.